The molecule has 0 bridgehead atoms. The Kier molecular flexibility index (Phi) is 5.13. The molecule has 28 heavy (non-hydrogen) atoms. The van der Waals surface area contributed by atoms with Gasteiger partial charge in [-0.25, -0.2) is 9.67 Å². The van der Waals surface area contributed by atoms with Crippen molar-refractivity contribution in [2.75, 3.05) is 13.1 Å². The number of carboxylic acids is 1. The quantitative estimate of drug-likeness (QED) is 0.719. The zero-order valence-electron chi connectivity index (χ0n) is 15.9. The summed E-state index contributed by atoms with van der Waals surface area (Å²) < 4.78 is 1.65. The van der Waals surface area contributed by atoms with E-state index in [1.165, 1.54) is 19.2 Å². The SMILES string of the molecule is Cc1cc(-n2cncn2)ccc1C(=O)NC1CC(N(CC(=O)O)CC2CC2)C1. The molecule has 0 saturated heterocycles. The molecular weight excluding hydrogens is 358 g/mol. The average Bonchev–Trinajstić information content (AvgIpc) is 3.25. The van der Waals surface area contributed by atoms with Gasteiger partial charge >= 0.3 is 5.97 Å². The molecule has 0 spiro atoms. The number of hydrogen-bond acceptors (Lipinski definition) is 5. The Bertz CT molecular complexity index is 857. The molecule has 1 aromatic carbocycles. The Balaban J connectivity index is 1.33. The van der Waals surface area contributed by atoms with Gasteiger partial charge in [-0.2, -0.15) is 5.10 Å². The number of amides is 1. The lowest BCUT2D eigenvalue weighted by molar-refractivity contribution is -0.139. The summed E-state index contributed by atoms with van der Waals surface area (Å²) in [5.41, 5.74) is 2.38. The zero-order valence-corrected chi connectivity index (χ0v) is 15.9. The molecule has 4 rings (SSSR count). The number of carboxylic acid groups (broad SMARTS) is 1. The van der Waals surface area contributed by atoms with Gasteiger partial charge in [0.1, 0.15) is 12.7 Å². The Morgan fingerprint density at radius 2 is 2.11 bits per heavy atom. The van der Waals surface area contributed by atoms with Crippen LogP contribution < -0.4 is 5.32 Å². The van der Waals surface area contributed by atoms with Crippen molar-refractivity contribution >= 4 is 11.9 Å². The van der Waals surface area contributed by atoms with E-state index in [9.17, 15) is 9.59 Å². The van der Waals surface area contributed by atoms with Crippen LogP contribution in [0.4, 0.5) is 0 Å². The maximum atomic E-state index is 12.7. The maximum Gasteiger partial charge on any atom is 0.317 e. The highest BCUT2D eigenvalue weighted by molar-refractivity contribution is 5.96. The summed E-state index contributed by atoms with van der Waals surface area (Å²) in [4.78, 5) is 29.8. The lowest BCUT2D eigenvalue weighted by Gasteiger charge is -2.42. The third-order valence-electron chi connectivity index (χ3n) is 5.63. The number of benzene rings is 1. The fourth-order valence-corrected chi connectivity index (χ4v) is 3.80. The predicted molar refractivity (Wildman–Crippen MR) is 102 cm³/mol. The normalized spacial score (nSPS) is 21.4. The van der Waals surface area contributed by atoms with Crippen molar-refractivity contribution < 1.29 is 14.7 Å². The van der Waals surface area contributed by atoms with Crippen molar-refractivity contribution in [1.29, 1.82) is 0 Å². The highest BCUT2D eigenvalue weighted by atomic mass is 16.4. The van der Waals surface area contributed by atoms with Gasteiger partial charge < -0.3 is 10.4 Å². The number of aryl methyl sites for hydroxylation is 1. The van der Waals surface area contributed by atoms with Crippen LogP contribution in [0.1, 0.15) is 41.6 Å². The van der Waals surface area contributed by atoms with Crippen LogP contribution in [-0.4, -0.2) is 61.8 Å². The first kappa shape index (κ1) is 18.6. The molecule has 2 aliphatic carbocycles. The van der Waals surface area contributed by atoms with Crippen molar-refractivity contribution in [3.8, 4) is 5.69 Å². The van der Waals surface area contributed by atoms with E-state index in [0.29, 0.717) is 11.5 Å². The molecule has 2 aliphatic rings. The van der Waals surface area contributed by atoms with Gasteiger partial charge in [-0.15, -0.1) is 0 Å². The van der Waals surface area contributed by atoms with Crippen molar-refractivity contribution in [2.24, 2.45) is 5.92 Å². The van der Waals surface area contributed by atoms with E-state index in [1.54, 1.807) is 11.0 Å². The average molecular weight is 383 g/mol. The monoisotopic (exact) mass is 383 g/mol. The van der Waals surface area contributed by atoms with Crippen LogP contribution in [0.2, 0.25) is 0 Å². The fraction of sp³-hybridized carbons (Fsp3) is 0.500. The highest BCUT2D eigenvalue weighted by Crippen LogP contribution is 2.33. The Hall–Kier alpha value is -2.74. The summed E-state index contributed by atoms with van der Waals surface area (Å²) in [6.07, 6.45) is 7.11. The summed E-state index contributed by atoms with van der Waals surface area (Å²) >= 11 is 0. The number of nitrogens with one attached hydrogen (secondary N) is 1. The largest absolute Gasteiger partial charge is 0.480 e. The molecule has 0 radical (unpaired) electrons. The molecule has 2 fully saturated rings. The number of nitrogens with zero attached hydrogens (tertiary/aromatic N) is 4. The van der Waals surface area contributed by atoms with Crippen LogP contribution in [0, 0.1) is 12.8 Å². The lowest BCUT2D eigenvalue weighted by Crippen LogP contribution is -2.55. The number of carbonyl (C=O) groups excluding carboxylic acids is 1. The fourth-order valence-electron chi connectivity index (χ4n) is 3.80. The van der Waals surface area contributed by atoms with Crippen LogP contribution in [0.25, 0.3) is 5.69 Å². The molecule has 2 saturated carbocycles. The lowest BCUT2D eigenvalue weighted by atomic mass is 9.85. The van der Waals surface area contributed by atoms with Crippen LogP contribution in [-0.2, 0) is 4.79 Å². The molecular formula is C20H25N5O3. The van der Waals surface area contributed by atoms with Gasteiger partial charge in [-0.1, -0.05) is 0 Å². The van der Waals surface area contributed by atoms with Gasteiger partial charge in [0.05, 0.1) is 12.2 Å². The molecule has 1 aromatic heterocycles. The molecule has 1 amide bonds. The minimum Gasteiger partial charge on any atom is -0.480 e. The van der Waals surface area contributed by atoms with Gasteiger partial charge in [-0.3, -0.25) is 14.5 Å². The standard InChI is InChI=1S/C20H25N5O3/c1-13-6-16(25-12-21-11-22-25)4-5-18(13)20(28)23-15-7-17(8-15)24(10-19(26)27)9-14-2-3-14/h4-6,11-12,14-15,17H,2-3,7-10H2,1H3,(H,23,28)(H,26,27). The van der Waals surface area contributed by atoms with Gasteiger partial charge in [0.15, 0.2) is 0 Å². The molecule has 0 unspecified atom stereocenters. The molecule has 0 atom stereocenters. The van der Waals surface area contributed by atoms with E-state index in [2.05, 4.69) is 20.3 Å². The Labute approximate surface area is 163 Å². The summed E-state index contributed by atoms with van der Waals surface area (Å²) in [5, 5.41) is 16.3. The van der Waals surface area contributed by atoms with Crippen molar-refractivity contribution in [2.45, 2.75) is 44.7 Å². The number of carbonyl (C=O) groups is 2. The third kappa shape index (κ3) is 4.22. The van der Waals surface area contributed by atoms with E-state index in [0.717, 1.165) is 30.6 Å². The van der Waals surface area contributed by atoms with E-state index in [-0.39, 0.29) is 24.5 Å². The predicted octanol–water partition coefficient (Wildman–Crippen LogP) is 1.63. The molecule has 2 N–H and O–H groups in total. The highest BCUT2D eigenvalue weighted by Gasteiger charge is 2.37. The third-order valence-corrected chi connectivity index (χ3v) is 5.63. The van der Waals surface area contributed by atoms with Crippen LogP contribution in [0.5, 0.6) is 0 Å². The Morgan fingerprint density at radius 3 is 2.71 bits per heavy atom. The number of aromatic nitrogens is 3. The van der Waals surface area contributed by atoms with Gasteiger partial charge in [0.25, 0.3) is 5.91 Å². The van der Waals surface area contributed by atoms with E-state index in [1.807, 2.05) is 25.1 Å². The van der Waals surface area contributed by atoms with Gasteiger partial charge in [-0.05, 0) is 62.3 Å². The van der Waals surface area contributed by atoms with Gasteiger partial charge in [0, 0.05) is 24.2 Å². The summed E-state index contributed by atoms with van der Waals surface area (Å²) in [6, 6.07) is 5.92. The molecule has 0 aliphatic heterocycles. The summed E-state index contributed by atoms with van der Waals surface area (Å²) in [6.45, 7) is 2.86. The van der Waals surface area contributed by atoms with E-state index < -0.39 is 5.97 Å². The first-order chi connectivity index (χ1) is 13.5. The molecule has 2 aromatic rings. The molecule has 8 heteroatoms. The van der Waals surface area contributed by atoms with Crippen LogP contribution >= 0.6 is 0 Å². The van der Waals surface area contributed by atoms with Gasteiger partial charge in [0.2, 0.25) is 0 Å². The van der Waals surface area contributed by atoms with Crippen LogP contribution in [0.3, 0.4) is 0 Å². The number of hydrogen-bond donors (Lipinski definition) is 2. The minimum absolute atomic E-state index is 0.0851. The Morgan fingerprint density at radius 1 is 1.32 bits per heavy atom. The van der Waals surface area contributed by atoms with E-state index >= 15 is 0 Å². The number of rotatable bonds is 8. The van der Waals surface area contributed by atoms with Crippen molar-refractivity contribution in [3.63, 3.8) is 0 Å². The first-order valence-electron chi connectivity index (χ1n) is 9.72. The molecule has 148 valence electrons. The van der Waals surface area contributed by atoms with Crippen molar-refractivity contribution in [1.82, 2.24) is 25.0 Å². The molecule has 8 nitrogen and oxygen atoms in total. The summed E-state index contributed by atoms with van der Waals surface area (Å²) in [5.74, 6) is -0.214. The second kappa shape index (κ2) is 7.71. The first-order valence-corrected chi connectivity index (χ1v) is 9.72. The topological polar surface area (TPSA) is 100 Å². The number of aliphatic carboxylic acids is 1. The second-order valence-electron chi connectivity index (χ2n) is 7.90. The summed E-state index contributed by atoms with van der Waals surface area (Å²) in [7, 11) is 0. The van der Waals surface area contributed by atoms with Crippen molar-refractivity contribution in [3.05, 3.63) is 42.0 Å². The van der Waals surface area contributed by atoms with E-state index in [4.69, 9.17) is 5.11 Å². The second-order valence-corrected chi connectivity index (χ2v) is 7.90. The smallest absolute Gasteiger partial charge is 0.317 e. The van der Waals surface area contributed by atoms with Crippen LogP contribution in [0.15, 0.2) is 30.9 Å². The molecule has 1 heterocycles. The maximum absolute atomic E-state index is 12.7. The minimum atomic E-state index is -0.781. The zero-order chi connectivity index (χ0) is 19.7.